The zero-order chi connectivity index (χ0) is 17.1. The van der Waals surface area contributed by atoms with Gasteiger partial charge in [-0.05, 0) is 34.9 Å². The number of benzene rings is 1. The lowest BCUT2D eigenvalue weighted by Crippen LogP contribution is -2.44. The summed E-state index contributed by atoms with van der Waals surface area (Å²) in [6.45, 7) is 0.412. The molecule has 1 aliphatic heterocycles. The van der Waals surface area contributed by atoms with Crippen LogP contribution in [-0.2, 0) is 16.1 Å². The van der Waals surface area contributed by atoms with Gasteiger partial charge in [-0.1, -0.05) is 18.2 Å². The Morgan fingerprint density at radius 2 is 2.17 bits per heavy atom. The summed E-state index contributed by atoms with van der Waals surface area (Å²) in [4.78, 5) is 26.1. The van der Waals surface area contributed by atoms with Gasteiger partial charge >= 0.3 is 5.97 Å². The number of para-hydroxylation sites is 1. The molecule has 3 rings (SSSR count). The monoisotopic (exact) mass is 345 g/mol. The molecular weight excluding hydrogens is 326 g/mol. The smallest absolute Gasteiger partial charge is 0.308 e. The van der Waals surface area contributed by atoms with E-state index in [1.807, 2.05) is 35.0 Å². The molecule has 0 saturated carbocycles. The number of likely N-dealkylation sites (tertiary alicyclic amines) is 1. The first-order valence-corrected chi connectivity index (χ1v) is 8.72. The maximum absolute atomic E-state index is 12.6. The number of hydrogen-bond donors (Lipinski definition) is 1. The predicted molar refractivity (Wildman–Crippen MR) is 91.0 cm³/mol. The van der Waals surface area contributed by atoms with Crippen LogP contribution in [0.25, 0.3) is 0 Å². The van der Waals surface area contributed by atoms with E-state index >= 15 is 0 Å². The van der Waals surface area contributed by atoms with Crippen LogP contribution in [0.3, 0.4) is 0 Å². The van der Waals surface area contributed by atoms with Gasteiger partial charge in [0.05, 0.1) is 19.1 Å². The number of hydrogen-bond acceptors (Lipinski definition) is 4. The molecular formula is C18H19NO4S. The SMILES string of the molecule is COc1ccccc1[C@H]1[C@H](C(=O)O)CCC(=O)N1Cc1ccsc1. The van der Waals surface area contributed by atoms with Gasteiger partial charge in [-0.2, -0.15) is 11.3 Å². The van der Waals surface area contributed by atoms with E-state index in [-0.39, 0.29) is 12.3 Å². The Balaban J connectivity index is 2.04. The molecule has 0 aliphatic carbocycles. The van der Waals surface area contributed by atoms with Crippen molar-refractivity contribution in [2.75, 3.05) is 7.11 Å². The van der Waals surface area contributed by atoms with Crippen molar-refractivity contribution in [3.8, 4) is 5.75 Å². The van der Waals surface area contributed by atoms with E-state index in [1.54, 1.807) is 29.4 Å². The van der Waals surface area contributed by atoms with E-state index in [0.29, 0.717) is 18.7 Å². The number of methoxy groups -OCH3 is 1. The second kappa shape index (κ2) is 7.05. The van der Waals surface area contributed by atoms with E-state index in [1.165, 1.54) is 0 Å². The summed E-state index contributed by atoms with van der Waals surface area (Å²) in [5, 5.41) is 13.6. The average Bonchev–Trinajstić information content (AvgIpc) is 3.09. The van der Waals surface area contributed by atoms with Crippen molar-refractivity contribution >= 4 is 23.2 Å². The number of piperidine rings is 1. The van der Waals surface area contributed by atoms with Crippen LogP contribution in [0, 0.1) is 5.92 Å². The zero-order valence-electron chi connectivity index (χ0n) is 13.3. The third-order valence-corrected chi connectivity index (χ3v) is 5.15. The number of amides is 1. The van der Waals surface area contributed by atoms with Gasteiger partial charge in [-0.15, -0.1) is 0 Å². The molecule has 1 aromatic carbocycles. The van der Waals surface area contributed by atoms with Gasteiger partial charge < -0.3 is 14.7 Å². The van der Waals surface area contributed by atoms with Crippen molar-refractivity contribution in [1.29, 1.82) is 0 Å². The number of carboxylic acids is 1. The highest BCUT2D eigenvalue weighted by Crippen LogP contribution is 2.41. The standard InChI is InChI=1S/C18H19NO4S/c1-23-15-5-3-2-4-13(15)17-14(18(21)22)6-7-16(20)19(17)10-12-8-9-24-11-12/h2-5,8-9,11,14,17H,6-7,10H2,1H3,(H,21,22)/t14-,17+/m1/s1. The number of carbonyl (C=O) groups is 2. The molecule has 0 unspecified atom stereocenters. The van der Waals surface area contributed by atoms with E-state index in [2.05, 4.69) is 0 Å². The molecule has 6 heteroatoms. The summed E-state index contributed by atoms with van der Waals surface area (Å²) in [7, 11) is 1.56. The molecule has 2 atom stereocenters. The van der Waals surface area contributed by atoms with Crippen LogP contribution in [0.15, 0.2) is 41.1 Å². The number of carbonyl (C=O) groups excluding carboxylic acids is 1. The molecule has 1 fully saturated rings. The van der Waals surface area contributed by atoms with Gasteiger partial charge in [0.2, 0.25) is 5.91 Å². The molecule has 1 saturated heterocycles. The van der Waals surface area contributed by atoms with Crippen LogP contribution >= 0.6 is 11.3 Å². The Labute approximate surface area is 144 Å². The van der Waals surface area contributed by atoms with Gasteiger partial charge in [-0.3, -0.25) is 9.59 Å². The first-order valence-electron chi connectivity index (χ1n) is 7.78. The van der Waals surface area contributed by atoms with Crippen LogP contribution in [-0.4, -0.2) is 29.0 Å². The van der Waals surface area contributed by atoms with Crippen LogP contribution < -0.4 is 4.74 Å². The number of rotatable bonds is 5. The van der Waals surface area contributed by atoms with E-state index in [4.69, 9.17) is 4.74 Å². The van der Waals surface area contributed by atoms with E-state index < -0.39 is 17.9 Å². The molecule has 2 heterocycles. The summed E-state index contributed by atoms with van der Waals surface area (Å²) >= 11 is 1.56. The van der Waals surface area contributed by atoms with Gasteiger partial charge in [0.25, 0.3) is 0 Å². The molecule has 0 radical (unpaired) electrons. The van der Waals surface area contributed by atoms with Crippen molar-refractivity contribution in [1.82, 2.24) is 4.90 Å². The Hall–Kier alpha value is -2.34. The van der Waals surface area contributed by atoms with Gasteiger partial charge in [0.15, 0.2) is 0 Å². The minimum absolute atomic E-state index is 0.0189. The van der Waals surface area contributed by atoms with E-state index in [0.717, 1.165) is 11.1 Å². The summed E-state index contributed by atoms with van der Waals surface area (Å²) in [6.07, 6.45) is 0.601. The largest absolute Gasteiger partial charge is 0.496 e. The molecule has 126 valence electrons. The third kappa shape index (κ3) is 3.14. The fourth-order valence-electron chi connectivity index (χ4n) is 3.27. The number of thiophene rings is 1. The molecule has 1 aliphatic rings. The molecule has 2 aromatic rings. The van der Waals surface area contributed by atoms with Gasteiger partial charge in [0, 0.05) is 18.5 Å². The van der Waals surface area contributed by atoms with Crippen molar-refractivity contribution in [2.24, 2.45) is 5.92 Å². The quantitative estimate of drug-likeness (QED) is 0.903. The molecule has 1 amide bonds. The summed E-state index contributed by atoms with van der Waals surface area (Å²) in [5.74, 6) is -0.931. The molecule has 0 bridgehead atoms. The highest BCUT2D eigenvalue weighted by molar-refractivity contribution is 7.07. The molecule has 0 spiro atoms. The lowest BCUT2D eigenvalue weighted by molar-refractivity contribution is -0.152. The van der Waals surface area contributed by atoms with Crippen molar-refractivity contribution in [3.05, 3.63) is 52.2 Å². The highest BCUT2D eigenvalue weighted by Gasteiger charge is 2.41. The minimum atomic E-state index is -0.881. The Bertz CT molecular complexity index is 728. The van der Waals surface area contributed by atoms with Crippen molar-refractivity contribution in [3.63, 3.8) is 0 Å². The normalized spacial score (nSPS) is 20.9. The molecule has 24 heavy (non-hydrogen) atoms. The van der Waals surface area contributed by atoms with Crippen LogP contribution in [0.1, 0.15) is 30.0 Å². The molecule has 1 N–H and O–H groups in total. The summed E-state index contributed by atoms with van der Waals surface area (Å²) in [6, 6.07) is 8.76. The maximum atomic E-state index is 12.6. The van der Waals surface area contributed by atoms with Gasteiger partial charge in [-0.25, -0.2) is 0 Å². The summed E-state index contributed by atoms with van der Waals surface area (Å²) in [5.41, 5.74) is 1.76. The lowest BCUT2D eigenvalue weighted by Gasteiger charge is -2.40. The fourth-order valence-corrected chi connectivity index (χ4v) is 3.93. The van der Waals surface area contributed by atoms with Crippen LogP contribution in [0.2, 0.25) is 0 Å². The first kappa shape index (κ1) is 16.5. The molecule has 5 nitrogen and oxygen atoms in total. The van der Waals surface area contributed by atoms with Crippen molar-refractivity contribution in [2.45, 2.75) is 25.4 Å². The maximum Gasteiger partial charge on any atom is 0.308 e. The minimum Gasteiger partial charge on any atom is -0.496 e. The third-order valence-electron chi connectivity index (χ3n) is 4.41. The predicted octanol–water partition coefficient (Wildman–Crippen LogP) is 3.32. The second-order valence-corrected chi connectivity index (χ2v) is 6.60. The zero-order valence-corrected chi connectivity index (χ0v) is 14.2. The van der Waals surface area contributed by atoms with Crippen LogP contribution in [0.4, 0.5) is 0 Å². The fraction of sp³-hybridized carbons (Fsp3) is 0.333. The summed E-state index contributed by atoms with van der Waals surface area (Å²) < 4.78 is 5.42. The number of ether oxygens (including phenoxy) is 1. The topological polar surface area (TPSA) is 66.8 Å². The Kier molecular flexibility index (Phi) is 4.85. The van der Waals surface area contributed by atoms with Gasteiger partial charge in [0.1, 0.15) is 5.75 Å². The molecule has 1 aromatic heterocycles. The Morgan fingerprint density at radius 3 is 2.83 bits per heavy atom. The van der Waals surface area contributed by atoms with E-state index in [9.17, 15) is 14.7 Å². The average molecular weight is 345 g/mol. The lowest BCUT2D eigenvalue weighted by atomic mass is 9.83. The Morgan fingerprint density at radius 1 is 1.38 bits per heavy atom. The van der Waals surface area contributed by atoms with Crippen molar-refractivity contribution < 1.29 is 19.4 Å². The number of carboxylic acid groups (broad SMARTS) is 1. The highest BCUT2D eigenvalue weighted by atomic mass is 32.1. The first-order chi connectivity index (χ1) is 11.6. The number of aliphatic carboxylic acids is 1. The second-order valence-electron chi connectivity index (χ2n) is 5.82. The number of nitrogens with zero attached hydrogens (tertiary/aromatic N) is 1. The van der Waals surface area contributed by atoms with Crippen LogP contribution in [0.5, 0.6) is 5.75 Å².